The van der Waals surface area contributed by atoms with Gasteiger partial charge in [0.05, 0.1) is 6.04 Å². The van der Waals surface area contributed by atoms with E-state index in [-0.39, 0.29) is 12.1 Å². The van der Waals surface area contributed by atoms with E-state index in [4.69, 9.17) is 0 Å². The number of piperidine rings is 1. The van der Waals surface area contributed by atoms with Crippen molar-refractivity contribution in [2.24, 2.45) is 0 Å². The number of aryl methyl sites for hydroxylation is 1. The summed E-state index contributed by atoms with van der Waals surface area (Å²) in [6.45, 7) is 5.89. The Hall–Kier alpha value is -2.49. The third-order valence-electron chi connectivity index (χ3n) is 5.52. The maximum atomic E-state index is 12.4. The molecule has 2 heterocycles. The van der Waals surface area contributed by atoms with Crippen molar-refractivity contribution in [3.8, 4) is 0 Å². The summed E-state index contributed by atoms with van der Waals surface area (Å²) in [5, 5.41) is 3.10. The number of carbonyl (C=O) groups is 1. The minimum atomic E-state index is 0.0246. The van der Waals surface area contributed by atoms with Crippen LogP contribution in [0.5, 0.6) is 0 Å². The molecule has 4 rings (SSSR count). The van der Waals surface area contributed by atoms with Crippen LogP contribution in [0.3, 0.4) is 0 Å². The van der Waals surface area contributed by atoms with Crippen molar-refractivity contribution in [1.82, 2.24) is 10.2 Å². The molecule has 0 aliphatic carbocycles. The number of urea groups is 1. The molecule has 2 aromatic rings. The molecule has 4 heteroatoms. The van der Waals surface area contributed by atoms with Gasteiger partial charge in [-0.3, -0.25) is 0 Å². The molecule has 136 valence electrons. The van der Waals surface area contributed by atoms with E-state index in [2.05, 4.69) is 47.5 Å². The third kappa shape index (κ3) is 3.55. The van der Waals surface area contributed by atoms with Crippen molar-refractivity contribution < 1.29 is 4.79 Å². The molecule has 0 spiro atoms. The Morgan fingerprint density at radius 1 is 1.04 bits per heavy atom. The van der Waals surface area contributed by atoms with Crippen molar-refractivity contribution >= 4 is 11.7 Å². The quantitative estimate of drug-likeness (QED) is 0.895. The molecule has 4 nitrogen and oxygen atoms in total. The molecular formula is C22H27N3O. The molecule has 0 radical (unpaired) electrons. The predicted octanol–water partition coefficient (Wildman–Crippen LogP) is 4.25. The first-order chi connectivity index (χ1) is 12.7. The second-order valence-corrected chi connectivity index (χ2v) is 7.46. The fourth-order valence-electron chi connectivity index (χ4n) is 4.13. The van der Waals surface area contributed by atoms with E-state index in [1.54, 1.807) is 0 Å². The maximum absolute atomic E-state index is 12.4. The first-order valence-corrected chi connectivity index (χ1v) is 9.65. The van der Waals surface area contributed by atoms with Gasteiger partial charge in [0, 0.05) is 31.9 Å². The van der Waals surface area contributed by atoms with Gasteiger partial charge in [-0.25, -0.2) is 4.79 Å². The van der Waals surface area contributed by atoms with Crippen LogP contribution in [0.4, 0.5) is 10.5 Å². The highest BCUT2D eigenvalue weighted by Crippen LogP contribution is 2.26. The molecule has 1 N–H and O–H groups in total. The Balaban J connectivity index is 1.44. The lowest BCUT2D eigenvalue weighted by Gasteiger charge is -2.30. The largest absolute Gasteiger partial charge is 0.371 e. The van der Waals surface area contributed by atoms with E-state index in [1.165, 1.54) is 41.6 Å². The smallest absolute Gasteiger partial charge is 0.318 e. The Morgan fingerprint density at radius 3 is 2.54 bits per heavy atom. The van der Waals surface area contributed by atoms with Crippen LogP contribution in [0.25, 0.3) is 0 Å². The number of benzene rings is 2. The number of anilines is 1. The highest BCUT2D eigenvalue weighted by atomic mass is 16.2. The van der Waals surface area contributed by atoms with Crippen molar-refractivity contribution in [3.05, 3.63) is 65.2 Å². The Kier molecular flexibility index (Phi) is 4.83. The molecule has 0 saturated carbocycles. The molecule has 1 atom stereocenters. The van der Waals surface area contributed by atoms with Crippen LogP contribution >= 0.6 is 0 Å². The van der Waals surface area contributed by atoms with E-state index in [9.17, 15) is 4.79 Å². The van der Waals surface area contributed by atoms with Gasteiger partial charge < -0.3 is 15.1 Å². The minimum Gasteiger partial charge on any atom is -0.371 e. The number of carbonyl (C=O) groups excluding carboxylic acids is 1. The summed E-state index contributed by atoms with van der Waals surface area (Å²) in [6.07, 6.45) is 3.92. The van der Waals surface area contributed by atoms with Crippen LogP contribution in [0.2, 0.25) is 0 Å². The number of amides is 2. The number of nitrogens with zero attached hydrogens (tertiary/aromatic N) is 2. The summed E-state index contributed by atoms with van der Waals surface area (Å²) in [4.78, 5) is 16.8. The topological polar surface area (TPSA) is 35.6 Å². The van der Waals surface area contributed by atoms with Crippen LogP contribution in [0, 0.1) is 6.92 Å². The summed E-state index contributed by atoms with van der Waals surface area (Å²) in [6, 6.07) is 17.0. The standard InChI is InChI=1S/C22H27N3O/c1-17-14-18(10-11-21(17)24-12-6-3-7-13-24)15-25-16-20(23-22(25)26)19-8-4-2-5-9-19/h2,4-5,8-11,14,20H,3,6-7,12-13,15-16H2,1H3,(H,23,26)/t20-/m1/s1. The molecule has 2 aliphatic heterocycles. The Morgan fingerprint density at radius 2 is 1.81 bits per heavy atom. The Bertz CT molecular complexity index is 768. The van der Waals surface area contributed by atoms with Crippen LogP contribution in [-0.2, 0) is 6.54 Å². The number of hydrogen-bond donors (Lipinski definition) is 1. The van der Waals surface area contributed by atoms with E-state index >= 15 is 0 Å². The summed E-state index contributed by atoms with van der Waals surface area (Å²) in [5.74, 6) is 0. The van der Waals surface area contributed by atoms with Crippen LogP contribution in [-0.4, -0.2) is 30.6 Å². The summed E-state index contributed by atoms with van der Waals surface area (Å²) < 4.78 is 0. The first kappa shape index (κ1) is 17.0. The van der Waals surface area contributed by atoms with E-state index < -0.39 is 0 Å². The normalized spacial score (nSPS) is 20.3. The molecule has 0 aromatic heterocycles. The predicted molar refractivity (Wildman–Crippen MR) is 105 cm³/mol. The number of nitrogens with one attached hydrogen (secondary N) is 1. The zero-order valence-electron chi connectivity index (χ0n) is 15.4. The van der Waals surface area contributed by atoms with Gasteiger partial charge in [-0.1, -0.05) is 42.5 Å². The first-order valence-electron chi connectivity index (χ1n) is 9.65. The van der Waals surface area contributed by atoms with E-state index in [0.717, 1.165) is 19.6 Å². The molecule has 2 fully saturated rings. The molecule has 2 aliphatic rings. The van der Waals surface area contributed by atoms with Crippen molar-refractivity contribution in [2.45, 2.75) is 38.8 Å². The summed E-state index contributed by atoms with van der Waals surface area (Å²) in [7, 11) is 0. The highest BCUT2D eigenvalue weighted by Gasteiger charge is 2.29. The van der Waals surface area contributed by atoms with Gasteiger partial charge in [-0.2, -0.15) is 0 Å². The lowest BCUT2D eigenvalue weighted by Crippen LogP contribution is -2.30. The van der Waals surface area contributed by atoms with Gasteiger partial charge in [0.25, 0.3) is 0 Å². The zero-order chi connectivity index (χ0) is 17.9. The average molecular weight is 349 g/mol. The summed E-state index contributed by atoms with van der Waals surface area (Å²) in [5.41, 5.74) is 5.03. The van der Waals surface area contributed by atoms with Gasteiger partial charge in [-0.05, 0) is 48.9 Å². The lowest BCUT2D eigenvalue weighted by molar-refractivity contribution is 0.215. The average Bonchev–Trinajstić information content (AvgIpc) is 3.04. The zero-order valence-corrected chi connectivity index (χ0v) is 15.4. The van der Waals surface area contributed by atoms with Gasteiger partial charge in [0.1, 0.15) is 0 Å². The molecule has 2 aromatic carbocycles. The molecule has 2 saturated heterocycles. The van der Waals surface area contributed by atoms with Crippen molar-refractivity contribution in [3.63, 3.8) is 0 Å². The SMILES string of the molecule is Cc1cc(CN2C[C@H](c3ccccc3)NC2=O)ccc1N1CCCCC1. The molecule has 0 bridgehead atoms. The monoisotopic (exact) mass is 349 g/mol. The molecule has 2 amide bonds. The van der Waals surface area contributed by atoms with E-state index in [1.807, 2.05) is 23.1 Å². The van der Waals surface area contributed by atoms with Gasteiger partial charge >= 0.3 is 6.03 Å². The number of rotatable bonds is 4. The lowest BCUT2D eigenvalue weighted by atomic mass is 10.0. The molecular weight excluding hydrogens is 322 g/mol. The second-order valence-electron chi connectivity index (χ2n) is 7.46. The van der Waals surface area contributed by atoms with Crippen LogP contribution < -0.4 is 10.2 Å². The van der Waals surface area contributed by atoms with Crippen molar-refractivity contribution in [2.75, 3.05) is 24.5 Å². The highest BCUT2D eigenvalue weighted by molar-refractivity contribution is 5.77. The fraction of sp³-hybridized carbons (Fsp3) is 0.409. The summed E-state index contributed by atoms with van der Waals surface area (Å²) >= 11 is 0. The fourth-order valence-corrected chi connectivity index (χ4v) is 4.13. The molecule has 26 heavy (non-hydrogen) atoms. The van der Waals surface area contributed by atoms with Crippen LogP contribution in [0.1, 0.15) is 42.0 Å². The van der Waals surface area contributed by atoms with Gasteiger partial charge in [0.15, 0.2) is 0 Å². The Labute approximate surface area is 155 Å². The maximum Gasteiger partial charge on any atom is 0.318 e. The minimum absolute atomic E-state index is 0.0246. The molecule has 0 unspecified atom stereocenters. The van der Waals surface area contributed by atoms with Crippen molar-refractivity contribution in [1.29, 1.82) is 0 Å². The van der Waals surface area contributed by atoms with Gasteiger partial charge in [-0.15, -0.1) is 0 Å². The van der Waals surface area contributed by atoms with Gasteiger partial charge in [0.2, 0.25) is 0 Å². The third-order valence-corrected chi connectivity index (χ3v) is 5.52. The second kappa shape index (κ2) is 7.40. The van der Waals surface area contributed by atoms with E-state index in [0.29, 0.717) is 6.54 Å². The number of hydrogen-bond acceptors (Lipinski definition) is 2. The van der Waals surface area contributed by atoms with Crippen LogP contribution in [0.15, 0.2) is 48.5 Å².